The van der Waals surface area contributed by atoms with Crippen LogP contribution in [0.25, 0.3) is 0 Å². The van der Waals surface area contributed by atoms with Gasteiger partial charge in [-0.3, -0.25) is 0 Å². The Kier molecular flexibility index (Phi) is 6.48. The minimum Gasteiger partial charge on any atom is -0.465 e. The molecular formula is C18H15FN2O4. The summed E-state index contributed by atoms with van der Waals surface area (Å²) < 4.78 is 22.9. The second-order valence-electron chi connectivity index (χ2n) is 4.77. The number of nitrogens with one attached hydrogen (secondary N) is 1. The average Bonchev–Trinajstić information content (AvgIpc) is 2.65. The molecule has 0 unspecified atom stereocenters. The lowest BCUT2D eigenvalue weighted by atomic mass is 10.2. The van der Waals surface area contributed by atoms with Crippen LogP contribution in [0.2, 0.25) is 0 Å². The summed E-state index contributed by atoms with van der Waals surface area (Å²) in [5.74, 6) is 3.55. The van der Waals surface area contributed by atoms with Crippen LogP contribution in [0.4, 0.5) is 9.18 Å². The number of aromatic nitrogens is 1. The van der Waals surface area contributed by atoms with E-state index in [0.717, 1.165) is 12.7 Å². The normalized spacial score (nSPS) is 9.52. The van der Waals surface area contributed by atoms with Crippen LogP contribution >= 0.6 is 0 Å². The standard InChI is InChI=1S/C18H15FN2O4/c1-24-17(22)15-10-14(11-21-16(15)19)8-5-9-20-18(23)25-12-13-6-3-2-4-7-13/h2-4,6-7,10-11H,9,12H2,1H3,(H,20,23). The van der Waals surface area contributed by atoms with Crippen LogP contribution in [0.15, 0.2) is 42.6 Å². The van der Waals surface area contributed by atoms with Gasteiger partial charge in [0.15, 0.2) is 0 Å². The van der Waals surface area contributed by atoms with Gasteiger partial charge in [-0.25, -0.2) is 14.6 Å². The molecule has 1 N–H and O–H groups in total. The summed E-state index contributed by atoms with van der Waals surface area (Å²) in [6.45, 7) is 0.184. The van der Waals surface area contributed by atoms with Gasteiger partial charge in [0.2, 0.25) is 5.95 Å². The molecule has 0 fully saturated rings. The molecule has 0 radical (unpaired) electrons. The predicted molar refractivity (Wildman–Crippen MR) is 87.0 cm³/mol. The number of ether oxygens (including phenoxy) is 2. The van der Waals surface area contributed by atoms with Crippen LogP contribution in [0.1, 0.15) is 21.5 Å². The Morgan fingerprint density at radius 2 is 2.04 bits per heavy atom. The molecule has 1 heterocycles. The zero-order valence-electron chi connectivity index (χ0n) is 13.4. The highest BCUT2D eigenvalue weighted by atomic mass is 19.1. The van der Waals surface area contributed by atoms with Crippen molar-refractivity contribution < 1.29 is 23.5 Å². The molecule has 1 amide bonds. The first-order valence-corrected chi connectivity index (χ1v) is 7.27. The van der Waals surface area contributed by atoms with Gasteiger partial charge in [0.25, 0.3) is 0 Å². The summed E-state index contributed by atoms with van der Waals surface area (Å²) in [5.41, 5.74) is 0.891. The number of carbonyl (C=O) groups excluding carboxylic acids is 2. The fraction of sp³-hybridized carbons (Fsp3) is 0.167. The number of hydrogen-bond acceptors (Lipinski definition) is 5. The average molecular weight is 342 g/mol. The number of esters is 1. The van der Waals surface area contributed by atoms with Gasteiger partial charge >= 0.3 is 12.1 Å². The number of amides is 1. The molecule has 0 aliphatic heterocycles. The summed E-state index contributed by atoms with van der Waals surface area (Å²) in [6, 6.07) is 10.5. The van der Waals surface area contributed by atoms with E-state index in [2.05, 4.69) is 26.9 Å². The number of methoxy groups -OCH3 is 1. The Morgan fingerprint density at radius 1 is 1.28 bits per heavy atom. The summed E-state index contributed by atoms with van der Waals surface area (Å²) in [6.07, 6.45) is 0.577. The van der Waals surface area contributed by atoms with Crippen molar-refractivity contribution in [2.24, 2.45) is 0 Å². The number of rotatable bonds is 4. The monoisotopic (exact) mass is 342 g/mol. The van der Waals surface area contributed by atoms with Crippen molar-refractivity contribution in [3.8, 4) is 11.8 Å². The van der Waals surface area contributed by atoms with E-state index in [0.29, 0.717) is 5.56 Å². The molecule has 0 atom stereocenters. The van der Waals surface area contributed by atoms with Gasteiger partial charge in [0.05, 0.1) is 13.7 Å². The van der Waals surface area contributed by atoms with Crippen LogP contribution < -0.4 is 5.32 Å². The van der Waals surface area contributed by atoms with Crippen molar-refractivity contribution in [1.29, 1.82) is 0 Å². The highest BCUT2D eigenvalue weighted by molar-refractivity contribution is 5.89. The van der Waals surface area contributed by atoms with Crippen molar-refractivity contribution in [3.63, 3.8) is 0 Å². The maximum Gasteiger partial charge on any atom is 0.408 e. The zero-order chi connectivity index (χ0) is 18.1. The minimum absolute atomic E-state index is 0.0263. The first kappa shape index (κ1) is 17.9. The van der Waals surface area contributed by atoms with E-state index in [4.69, 9.17) is 4.74 Å². The van der Waals surface area contributed by atoms with Crippen LogP contribution in [0.5, 0.6) is 0 Å². The topological polar surface area (TPSA) is 77.5 Å². The van der Waals surface area contributed by atoms with E-state index in [1.54, 1.807) is 0 Å². The third-order valence-electron chi connectivity index (χ3n) is 3.01. The van der Waals surface area contributed by atoms with E-state index in [9.17, 15) is 14.0 Å². The third-order valence-corrected chi connectivity index (χ3v) is 3.01. The van der Waals surface area contributed by atoms with Crippen LogP contribution in [0.3, 0.4) is 0 Å². The summed E-state index contributed by atoms with van der Waals surface area (Å²) in [5, 5.41) is 2.46. The van der Waals surface area contributed by atoms with Crippen molar-refractivity contribution in [3.05, 3.63) is 65.2 Å². The maximum absolute atomic E-state index is 13.4. The predicted octanol–water partition coefficient (Wildman–Crippen LogP) is 2.29. The lowest BCUT2D eigenvalue weighted by Gasteiger charge is -2.04. The Hall–Kier alpha value is -3.40. The Balaban J connectivity index is 1.84. The SMILES string of the molecule is COC(=O)c1cc(C#CCNC(=O)OCc2ccccc2)cnc1F. The fourth-order valence-electron chi connectivity index (χ4n) is 1.81. The highest BCUT2D eigenvalue weighted by Crippen LogP contribution is 2.08. The van der Waals surface area contributed by atoms with Gasteiger partial charge in [0, 0.05) is 11.8 Å². The van der Waals surface area contributed by atoms with Crippen molar-refractivity contribution in [2.45, 2.75) is 6.61 Å². The number of hydrogen-bond donors (Lipinski definition) is 1. The van der Waals surface area contributed by atoms with Gasteiger partial charge in [-0.1, -0.05) is 42.2 Å². The van der Waals surface area contributed by atoms with Crippen LogP contribution in [-0.2, 0) is 16.1 Å². The van der Waals surface area contributed by atoms with E-state index in [-0.39, 0.29) is 18.7 Å². The number of alkyl carbamates (subject to hydrolysis) is 1. The fourth-order valence-corrected chi connectivity index (χ4v) is 1.81. The summed E-state index contributed by atoms with van der Waals surface area (Å²) in [4.78, 5) is 26.3. The number of pyridine rings is 1. The van der Waals surface area contributed by atoms with Crippen molar-refractivity contribution in [2.75, 3.05) is 13.7 Å². The molecule has 6 nitrogen and oxygen atoms in total. The lowest BCUT2D eigenvalue weighted by Crippen LogP contribution is -2.24. The van der Waals surface area contributed by atoms with Crippen molar-refractivity contribution >= 4 is 12.1 Å². The first-order chi connectivity index (χ1) is 12.1. The zero-order valence-corrected chi connectivity index (χ0v) is 13.4. The van der Waals surface area contributed by atoms with Crippen LogP contribution in [-0.4, -0.2) is 30.7 Å². The highest BCUT2D eigenvalue weighted by Gasteiger charge is 2.13. The first-order valence-electron chi connectivity index (χ1n) is 7.27. The van der Waals surface area contributed by atoms with Crippen LogP contribution in [0, 0.1) is 17.8 Å². The number of carbonyl (C=O) groups is 2. The summed E-state index contributed by atoms with van der Waals surface area (Å²) >= 11 is 0. The van der Waals surface area contributed by atoms with Gasteiger partial charge in [0.1, 0.15) is 12.2 Å². The smallest absolute Gasteiger partial charge is 0.408 e. The van der Waals surface area contributed by atoms with E-state index >= 15 is 0 Å². The molecule has 128 valence electrons. The Morgan fingerprint density at radius 3 is 2.76 bits per heavy atom. The maximum atomic E-state index is 13.4. The Bertz CT molecular complexity index is 813. The molecule has 0 aliphatic carbocycles. The van der Waals surface area contributed by atoms with E-state index in [1.807, 2.05) is 30.3 Å². The molecule has 7 heteroatoms. The molecule has 25 heavy (non-hydrogen) atoms. The number of benzene rings is 1. The number of nitrogens with zero attached hydrogens (tertiary/aromatic N) is 1. The quantitative estimate of drug-likeness (QED) is 0.524. The molecule has 2 rings (SSSR count). The second-order valence-corrected chi connectivity index (χ2v) is 4.77. The minimum atomic E-state index is -0.931. The number of halogens is 1. The van der Waals surface area contributed by atoms with Crippen molar-refractivity contribution in [1.82, 2.24) is 10.3 Å². The molecule has 1 aromatic carbocycles. The third kappa shape index (κ3) is 5.62. The van der Waals surface area contributed by atoms with E-state index < -0.39 is 18.0 Å². The molecule has 1 aromatic heterocycles. The van der Waals surface area contributed by atoms with Gasteiger partial charge in [-0.05, 0) is 11.6 Å². The Labute approximate surface area is 144 Å². The molecule has 2 aromatic rings. The van der Waals surface area contributed by atoms with Gasteiger partial charge < -0.3 is 14.8 Å². The molecule has 0 saturated heterocycles. The van der Waals surface area contributed by atoms with Gasteiger partial charge in [-0.15, -0.1) is 0 Å². The largest absolute Gasteiger partial charge is 0.465 e. The molecule has 0 bridgehead atoms. The molecule has 0 saturated carbocycles. The van der Waals surface area contributed by atoms with E-state index in [1.165, 1.54) is 12.3 Å². The van der Waals surface area contributed by atoms with Gasteiger partial charge in [-0.2, -0.15) is 4.39 Å². The summed E-state index contributed by atoms with van der Waals surface area (Å²) in [7, 11) is 1.14. The molecule has 0 aliphatic rings. The lowest BCUT2D eigenvalue weighted by molar-refractivity contribution is 0.0594. The molecule has 0 spiro atoms. The molecular weight excluding hydrogens is 327 g/mol. The second kappa shape index (κ2) is 9.03.